The molecule has 0 spiro atoms. The van der Waals surface area contributed by atoms with Crippen molar-refractivity contribution in [2.24, 2.45) is 0 Å². The Kier molecular flexibility index (Phi) is 5.38. The molecule has 1 aromatic heterocycles. The van der Waals surface area contributed by atoms with Crippen LogP contribution in [0.4, 0.5) is 0 Å². The number of hydrogen-bond acceptors (Lipinski definition) is 5. The van der Waals surface area contributed by atoms with Crippen LogP contribution in [0.5, 0.6) is 0 Å². The van der Waals surface area contributed by atoms with Crippen LogP contribution in [0.2, 0.25) is 0 Å². The fraction of sp³-hybridized carbons (Fsp3) is 0.692. The van der Waals surface area contributed by atoms with Crippen LogP contribution in [0.25, 0.3) is 0 Å². The Hall–Kier alpha value is -0.430. The molecule has 0 saturated carbocycles. The van der Waals surface area contributed by atoms with Crippen LogP contribution in [0.15, 0.2) is 12.1 Å². The molecule has 19 heavy (non-hydrogen) atoms. The van der Waals surface area contributed by atoms with Crippen LogP contribution in [0.3, 0.4) is 0 Å². The Bertz CT molecular complexity index is 490. The summed E-state index contributed by atoms with van der Waals surface area (Å²) in [5.74, 6) is 0.365. The molecular formula is C13H21NO3S2. The largest absolute Gasteiger partial charge is 0.377 e. The second-order valence-corrected chi connectivity index (χ2v) is 8.54. The third-order valence-corrected chi connectivity index (χ3v) is 5.86. The van der Waals surface area contributed by atoms with E-state index < -0.39 is 9.84 Å². The number of rotatable bonds is 7. The maximum absolute atomic E-state index is 11.9. The molecule has 0 aliphatic carbocycles. The Balaban J connectivity index is 1.66. The van der Waals surface area contributed by atoms with E-state index in [9.17, 15) is 8.42 Å². The normalized spacial score (nSPS) is 19.9. The van der Waals surface area contributed by atoms with Gasteiger partial charge >= 0.3 is 0 Å². The second-order valence-electron chi connectivity index (χ2n) is 4.94. The first-order chi connectivity index (χ1) is 9.05. The zero-order valence-corrected chi connectivity index (χ0v) is 12.9. The highest BCUT2D eigenvalue weighted by Crippen LogP contribution is 2.15. The number of sulfone groups is 1. The van der Waals surface area contributed by atoms with Crippen molar-refractivity contribution in [3.05, 3.63) is 21.9 Å². The van der Waals surface area contributed by atoms with Crippen LogP contribution >= 0.6 is 11.3 Å². The summed E-state index contributed by atoms with van der Waals surface area (Å²) in [6, 6.07) is 4.16. The van der Waals surface area contributed by atoms with Gasteiger partial charge in [0.25, 0.3) is 0 Å². The number of nitrogens with one attached hydrogen (secondary N) is 1. The van der Waals surface area contributed by atoms with Crippen molar-refractivity contribution in [2.45, 2.75) is 32.4 Å². The summed E-state index contributed by atoms with van der Waals surface area (Å²) in [6.45, 7) is 4.02. The van der Waals surface area contributed by atoms with Crippen LogP contribution < -0.4 is 5.32 Å². The Labute approximate surface area is 119 Å². The number of ether oxygens (including phenoxy) is 1. The van der Waals surface area contributed by atoms with E-state index in [0.29, 0.717) is 13.2 Å². The molecule has 2 heterocycles. The molecule has 1 unspecified atom stereocenters. The summed E-state index contributed by atoms with van der Waals surface area (Å²) < 4.78 is 29.1. The predicted molar refractivity (Wildman–Crippen MR) is 78.4 cm³/mol. The molecule has 1 aromatic rings. The molecule has 2 rings (SSSR count). The molecule has 4 nitrogen and oxygen atoms in total. The molecule has 1 aliphatic rings. The topological polar surface area (TPSA) is 55.4 Å². The van der Waals surface area contributed by atoms with Crippen LogP contribution in [0, 0.1) is 6.92 Å². The lowest BCUT2D eigenvalue weighted by Crippen LogP contribution is -2.28. The molecule has 0 bridgehead atoms. The van der Waals surface area contributed by atoms with Crippen molar-refractivity contribution >= 4 is 21.2 Å². The summed E-state index contributed by atoms with van der Waals surface area (Å²) in [7, 11) is -3.00. The van der Waals surface area contributed by atoms with E-state index in [1.165, 1.54) is 9.75 Å². The van der Waals surface area contributed by atoms with E-state index >= 15 is 0 Å². The summed E-state index contributed by atoms with van der Waals surface area (Å²) in [6.07, 6.45) is 1.78. The van der Waals surface area contributed by atoms with Gasteiger partial charge in [0.2, 0.25) is 0 Å². The molecule has 0 radical (unpaired) electrons. The first kappa shape index (κ1) is 15.0. The van der Waals surface area contributed by atoms with Crippen LogP contribution in [0.1, 0.15) is 22.6 Å². The van der Waals surface area contributed by atoms with E-state index in [1.54, 1.807) is 11.3 Å². The van der Waals surface area contributed by atoms with Crippen molar-refractivity contribution in [1.29, 1.82) is 0 Å². The Morgan fingerprint density at radius 2 is 2.32 bits per heavy atom. The molecule has 1 aliphatic heterocycles. The Morgan fingerprint density at radius 3 is 2.95 bits per heavy atom. The quantitative estimate of drug-likeness (QED) is 0.780. The molecule has 1 saturated heterocycles. The van der Waals surface area contributed by atoms with Gasteiger partial charge in [-0.1, -0.05) is 0 Å². The van der Waals surface area contributed by atoms with E-state index in [-0.39, 0.29) is 17.6 Å². The van der Waals surface area contributed by atoms with Crippen LogP contribution in [-0.4, -0.2) is 39.2 Å². The van der Waals surface area contributed by atoms with Crippen molar-refractivity contribution in [3.63, 3.8) is 0 Å². The van der Waals surface area contributed by atoms with Crippen molar-refractivity contribution < 1.29 is 13.2 Å². The number of thiophene rings is 1. The zero-order valence-electron chi connectivity index (χ0n) is 11.2. The summed E-state index contributed by atoms with van der Waals surface area (Å²) >= 11 is 1.74. The van der Waals surface area contributed by atoms with Crippen molar-refractivity contribution in [1.82, 2.24) is 5.32 Å². The lowest BCUT2D eigenvalue weighted by atomic mass is 10.3. The van der Waals surface area contributed by atoms with Gasteiger partial charge in [0.1, 0.15) is 0 Å². The minimum Gasteiger partial charge on any atom is -0.377 e. The summed E-state index contributed by atoms with van der Waals surface area (Å²) in [5.41, 5.74) is 0. The minimum absolute atomic E-state index is 0.0788. The Morgan fingerprint density at radius 1 is 1.47 bits per heavy atom. The molecule has 6 heteroatoms. The van der Waals surface area contributed by atoms with Crippen molar-refractivity contribution in [3.8, 4) is 0 Å². The van der Waals surface area contributed by atoms with E-state index in [2.05, 4.69) is 24.4 Å². The molecule has 1 N–H and O–H groups in total. The van der Waals surface area contributed by atoms with E-state index in [0.717, 1.165) is 19.4 Å². The zero-order chi connectivity index (χ0) is 13.7. The van der Waals surface area contributed by atoms with Gasteiger partial charge in [0.05, 0.1) is 17.6 Å². The molecule has 1 atom stereocenters. The van der Waals surface area contributed by atoms with Gasteiger partial charge in [-0.25, -0.2) is 8.42 Å². The maximum Gasteiger partial charge on any atom is 0.154 e. The SMILES string of the molecule is Cc1ccc(CNCCS(=O)(=O)CC2CCCO2)s1. The average molecular weight is 303 g/mol. The first-order valence-electron chi connectivity index (χ1n) is 6.63. The predicted octanol–water partition coefficient (Wildman–Crippen LogP) is 1.74. The summed E-state index contributed by atoms with van der Waals surface area (Å²) in [4.78, 5) is 2.52. The third kappa shape index (κ3) is 5.22. The van der Waals surface area contributed by atoms with Gasteiger partial charge in [-0.15, -0.1) is 11.3 Å². The fourth-order valence-corrected chi connectivity index (χ4v) is 4.47. The fourth-order valence-electron chi connectivity index (χ4n) is 2.16. The molecule has 1 fully saturated rings. The van der Waals surface area contributed by atoms with Gasteiger partial charge in [0.15, 0.2) is 9.84 Å². The van der Waals surface area contributed by atoms with Gasteiger partial charge in [-0.3, -0.25) is 0 Å². The highest BCUT2D eigenvalue weighted by molar-refractivity contribution is 7.91. The van der Waals surface area contributed by atoms with E-state index in [1.807, 2.05) is 0 Å². The van der Waals surface area contributed by atoms with Gasteiger partial charge in [-0.2, -0.15) is 0 Å². The first-order valence-corrected chi connectivity index (χ1v) is 9.27. The minimum atomic E-state index is -3.00. The smallest absolute Gasteiger partial charge is 0.154 e. The summed E-state index contributed by atoms with van der Waals surface area (Å²) in [5, 5.41) is 3.19. The maximum atomic E-state index is 11.9. The second kappa shape index (κ2) is 6.83. The van der Waals surface area contributed by atoms with Crippen LogP contribution in [-0.2, 0) is 21.1 Å². The molecule has 0 aromatic carbocycles. The van der Waals surface area contributed by atoms with Crippen molar-refractivity contribution in [2.75, 3.05) is 24.7 Å². The molecule has 0 amide bonds. The van der Waals surface area contributed by atoms with Gasteiger partial charge < -0.3 is 10.1 Å². The average Bonchev–Trinajstić information content (AvgIpc) is 2.96. The lowest BCUT2D eigenvalue weighted by Gasteiger charge is -2.10. The molecular weight excluding hydrogens is 282 g/mol. The number of aryl methyl sites for hydroxylation is 1. The third-order valence-electron chi connectivity index (χ3n) is 3.15. The van der Waals surface area contributed by atoms with Gasteiger partial charge in [0, 0.05) is 29.5 Å². The standard InChI is InChI=1S/C13H21NO3S2/c1-11-4-5-13(18-11)9-14-6-8-19(15,16)10-12-3-2-7-17-12/h4-5,12,14H,2-3,6-10H2,1H3. The van der Waals surface area contributed by atoms with Gasteiger partial charge in [-0.05, 0) is 31.9 Å². The molecule has 108 valence electrons. The van der Waals surface area contributed by atoms with E-state index in [4.69, 9.17) is 4.74 Å². The monoisotopic (exact) mass is 303 g/mol. The highest BCUT2D eigenvalue weighted by Gasteiger charge is 2.22. The highest BCUT2D eigenvalue weighted by atomic mass is 32.2. The number of hydrogen-bond donors (Lipinski definition) is 1. The lowest BCUT2D eigenvalue weighted by molar-refractivity contribution is 0.127.